The highest BCUT2D eigenvalue weighted by atomic mass is 35.5. The highest BCUT2D eigenvalue weighted by Crippen LogP contribution is 2.31. The quantitative estimate of drug-likeness (QED) is 0.313. The van der Waals surface area contributed by atoms with Crippen molar-refractivity contribution in [1.29, 1.82) is 0 Å². The molecule has 208 valence electrons. The van der Waals surface area contributed by atoms with Gasteiger partial charge in [-0.15, -0.1) is 0 Å². The van der Waals surface area contributed by atoms with Crippen molar-refractivity contribution < 1.29 is 18.0 Å². The van der Waals surface area contributed by atoms with Crippen molar-refractivity contribution in [3.63, 3.8) is 0 Å². The summed E-state index contributed by atoms with van der Waals surface area (Å²) in [6.45, 7) is 3.88. The molecule has 0 aliphatic heterocycles. The third-order valence-electron chi connectivity index (χ3n) is 6.28. The lowest BCUT2D eigenvalue weighted by molar-refractivity contribution is -0.140. The molecule has 10 heteroatoms. The Morgan fingerprint density at radius 1 is 0.974 bits per heavy atom. The summed E-state index contributed by atoms with van der Waals surface area (Å²) in [4.78, 5) is 29.0. The van der Waals surface area contributed by atoms with Crippen LogP contribution in [0.4, 0.5) is 5.69 Å². The average molecular weight is 591 g/mol. The lowest BCUT2D eigenvalue weighted by atomic mass is 10.0. The fraction of sp³-hybridized carbons (Fsp3) is 0.310. The van der Waals surface area contributed by atoms with Crippen LogP contribution < -0.4 is 9.62 Å². The maximum Gasteiger partial charge on any atom is 0.244 e. The second-order valence-corrected chi connectivity index (χ2v) is 12.1. The molecule has 3 aromatic rings. The van der Waals surface area contributed by atoms with E-state index in [1.165, 1.54) is 23.1 Å². The van der Waals surface area contributed by atoms with E-state index in [9.17, 15) is 18.0 Å². The zero-order valence-corrected chi connectivity index (χ0v) is 24.6. The van der Waals surface area contributed by atoms with E-state index in [0.29, 0.717) is 6.54 Å². The first kappa shape index (κ1) is 30.5. The van der Waals surface area contributed by atoms with E-state index >= 15 is 0 Å². The van der Waals surface area contributed by atoms with Gasteiger partial charge in [-0.05, 0) is 48.2 Å². The van der Waals surface area contributed by atoms with Gasteiger partial charge in [0.25, 0.3) is 0 Å². The molecule has 7 nitrogen and oxygen atoms in total. The van der Waals surface area contributed by atoms with Gasteiger partial charge in [0.15, 0.2) is 0 Å². The minimum absolute atomic E-state index is 0.0888. The van der Waals surface area contributed by atoms with E-state index in [4.69, 9.17) is 23.2 Å². The number of anilines is 1. The topological polar surface area (TPSA) is 86.8 Å². The summed E-state index contributed by atoms with van der Waals surface area (Å²) in [5, 5.41) is 3.32. The van der Waals surface area contributed by atoms with E-state index in [1.54, 1.807) is 0 Å². The molecule has 2 amide bonds. The van der Waals surface area contributed by atoms with Crippen LogP contribution in [0.2, 0.25) is 10.0 Å². The van der Waals surface area contributed by atoms with E-state index in [2.05, 4.69) is 5.32 Å². The third-order valence-corrected chi connectivity index (χ3v) is 7.96. The molecule has 0 aromatic heterocycles. The number of amides is 2. The summed E-state index contributed by atoms with van der Waals surface area (Å²) in [5.74, 6) is -0.860. The summed E-state index contributed by atoms with van der Waals surface area (Å²) in [6.07, 6.45) is 1.98. The third kappa shape index (κ3) is 8.46. The van der Waals surface area contributed by atoms with Crippen LogP contribution in [0.3, 0.4) is 0 Å². The van der Waals surface area contributed by atoms with Crippen LogP contribution in [-0.2, 0) is 32.6 Å². The predicted octanol–water partition coefficient (Wildman–Crippen LogP) is 5.23. The van der Waals surface area contributed by atoms with Gasteiger partial charge in [0.05, 0.1) is 17.0 Å². The van der Waals surface area contributed by atoms with Crippen LogP contribution in [0.1, 0.15) is 30.0 Å². The Labute approximate surface area is 240 Å². The van der Waals surface area contributed by atoms with Gasteiger partial charge in [-0.1, -0.05) is 84.7 Å². The molecule has 0 bridgehead atoms. The Kier molecular flexibility index (Phi) is 10.8. The molecule has 0 aliphatic carbocycles. The van der Waals surface area contributed by atoms with Crippen molar-refractivity contribution in [2.24, 2.45) is 0 Å². The molecule has 0 unspecified atom stereocenters. The molecule has 1 atom stereocenters. The standard InChI is InChI=1S/C29H33Cl2N3O4S/c1-4-16-32-29(36)27(17-22-11-6-5-7-12-22)33(19-23-13-9-8-10-21(23)2)28(35)20-34(39(3,37)38)26-18-24(30)14-15-25(26)31/h5-15,18,27H,4,16-17,19-20H2,1-3H3,(H,32,36)/t27-/m0/s1. The number of benzene rings is 3. The number of halogens is 2. The maximum atomic E-state index is 14.1. The molecule has 39 heavy (non-hydrogen) atoms. The number of nitrogens with one attached hydrogen (secondary N) is 1. The fourth-order valence-corrected chi connectivity index (χ4v) is 5.45. The summed E-state index contributed by atoms with van der Waals surface area (Å²) in [7, 11) is -3.94. The molecule has 0 saturated carbocycles. The van der Waals surface area contributed by atoms with Gasteiger partial charge in [-0.3, -0.25) is 13.9 Å². The number of hydrogen-bond donors (Lipinski definition) is 1. The normalized spacial score (nSPS) is 12.0. The molecule has 0 saturated heterocycles. The first-order valence-electron chi connectivity index (χ1n) is 12.6. The molecule has 0 aliphatic rings. The first-order chi connectivity index (χ1) is 18.5. The largest absolute Gasteiger partial charge is 0.354 e. The number of sulfonamides is 1. The van der Waals surface area contributed by atoms with Gasteiger partial charge < -0.3 is 10.2 Å². The molecule has 0 heterocycles. The van der Waals surface area contributed by atoms with Gasteiger partial charge in [0.2, 0.25) is 21.8 Å². The molecule has 0 spiro atoms. The minimum atomic E-state index is -3.94. The first-order valence-corrected chi connectivity index (χ1v) is 15.2. The van der Waals surface area contributed by atoms with Crippen LogP contribution >= 0.6 is 23.2 Å². The molecule has 1 N–H and O–H groups in total. The zero-order valence-electron chi connectivity index (χ0n) is 22.2. The smallest absolute Gasteiger partial charge is 0.244 e. The second kappa shape index (κ2) is 13.8. The maximum absolute atomic E-state index is 14.1. The number of carbonyl (C=O) groups excluding carboxylic acids is 2. The van der Waals surface area contributed by atoms with Crippen molar-refractivity contribution >= 4 is 50.7 Å². The van der Waals surface area contributed by atoms with Crippen molar-refractivity contribution in [2.75, 3.05) is 23.7 Å². The number of hydrogen-bond acceptors (Lipinski definition) is 4. The average Bonchev–Trinajstić information content (AvgIpc) is 2.90. The predicted molar refractivity (Wildman–Crippen MR) is 158 cm³/mol. The van der Waals surface area contributed by atoms with Crippen LogP contribution in [0.5, 0.6) is 0 Å². The van der Waals surface area contributed by atoms with Crippen molar-refractivity contribution in [1.82, 2.24) is 10.2 Å². The molecule has 0 radical (unpaired) electrons. The summed E-state index contributed by atoms with van der Waals surface area (Å²) >= 11 is 12.5. The number of aryl methyl sites for hydroxylation is 1. The van der Waals surface area contributed by atoms with Gasteiger partial charge >= 0.3 is 0 Å². The summed E-state index contributed by atoms with van der Waals surface area (Å²) in [6, 6.07) is 20.5. The van der Waals surface area contributed by atoms with Crippen LogP contribution in [-0.4, -0.2) is 50.5 Å². The SMILES string of the molecule is CCCNC(=O)[C@H](Cc1ccccc1)N(Cc1ccccc1C)C(=O)CN(c1cc(Cl)ccc1Cl)S(C)(=O)=O. The van der Waals surface area contributed by atoms with Gasteiger partial charge in [-0.25, -0.2) is 8.42 Å². The number of carbonyl (C=O) groups is 2. The monoisotopic (exact) mass is 589 g/mol. The van der Waals surface area contributed by atoms with E-state index in [1.807, 2.05) is 68.4 Å². The van der Waals surface area contributed by atoms with Crippen molar-refractivity contribution in [3.8, 4) is 0 Å². The zero-order chi connectivity index (χ0) is 28.6. The number of rotatable bonds is 12. The Morgan fingerprint density at radius 2 is 1.64 bits per heavy atom. The lowest BCUT2D eigenvalue weighted by Crippen LogP contribution is -2.53. The van der Waals surface area contributed by atoms with E-state index in [0.717, 1.165) is 33.7 Å². The van der Waals surface area contributed by atoms with E-state index in [-0.39, 0.29) is 34.6 Å². The summed E-state index contributed by atoms with van der Waals surface area (Å²) < 4.78 is 26.7. The lowest BCUT2D eigenvalue weighted by Gasteiger charge is -2.34. The Morgan fingerprint density at radius 3 is 2.28 bits per heavy atom. The molecule has 3 aromatic carbocycles. The van der Waals surface area contributed by atoms with E-state index < -0.39 is 28.5 Å². The molecular weight excluding hydrogens is 557 g/mol. The molecule has 3 rings (SSSR count). The van der Waals surface area contributed by atoms with Crippen LogP contribution in [0.25, 0.3) is 0 Å². The Bertz CT molecular complexity index is 1400. The van der Waals surface area contributed by atoms with Gasteiger partial charge in [-0.2, -0.15) is 0 Å². The van der Waals surface area contributed by atoms with Crippen LogP contribution in [0, 0.1) is 6.92 Å². The Balaban J connectivity index is 2.08. The molecular formula is C29H33Cl2N3O4S. The number of nitrogens with zero attached hydrogens (tertiary/aromatic N) is 2. The fourth-order valence-electron chi connectivity index (χ4n) is 4.16. The molecule has 0 fully saturated rings. The van der Waals surface area contributed by atoms with Crippen molar-refractivity contribution in [3.05, 3.63) is 99.5 Å². The highest BCUT2D eigenvalue weighted by molar-refractivity contribution is 7.92. The van der Waals surface area contributed by atoms with Crippen molar-refractivity contribution in [2.45, 2.75) is 39.3 Å². The minimum Gasteiger partial charge on any atom is -0.354 e. The van der Waals surface area contributed by atoms with Crippen LogP contribution in [0.15, 0.2) is 72.8 Å². The summed E-state index contributed by atoms with van der Waals surface area (Å²) in [5.41, 5.74) is 2.75. The highest BCUT2D eigenvalue weighted by Gasteiger charge is 2.33. The Hall–Kier alpha value is -3.07. The van der Waals surface area contributed by atoms with Gasteiger partial charge in [0.1, 0.15) is 12.6 Å². The van der Waals surface area contributed by atoms with Gasteiger partial charge in [0, 0.05) is 24.5 Å². The second-order valence-electron chi connectivity index (χ2n) is 9.31.